The lowest BCUT2D eigenvalue weighted by Crippen LogP contribution is -2.35. The Balaban J connectivity index is 2.19. The molecule has 3 nitrogen and oxygen atoms in total. The van der Waals surface area contributed by atoms with E-state index in [2.05, 4.69) is 12.2 Å². The maximum absolute atomic E-state index is 11.9. The molecule has 0 aromatic heterocycles. The average Bonchev–Trinajstić information content (AvgIpc) is 2.45. The standard InChI is InChI=1S/C16H24ClNO2S/c1-3-18-16(12-7-9-14(17)10-8-12)13-5-4-6-15(11-13)21(2,19)20/h7-10,13,15-16,18H,3-6,11H2,1-2H3. The van der Waals surface area contributed by atoms with Crippen molar-refractivity contribution in [2.75, 3.05) is 12.8 Å². The molecule has 0 amide bonds. The molecular weight excluding hydrogens is 306 g/mol. The number of halogens is 1. The summed E-state index contributed by atoms with van der Waals surface area (Å²) in [5, 5.41) is 4.06. The van der Waals surface area contributed by atoms with Gasteiger partial charge in [-0.25, -0.2) is 8.42 Å². The third-order valence-corrected chi connectivity index (χ3v) is 6.29. The van der Waals surface area contributed by atoms with Crippen LogP contribution in [0.1, 0.15) is 44.2 Å². The van der Waals surface area contributed by atoms with Gasteiger partial charge in [-0.3, -0.25) is 0 Å². The van der Waals surface area contributed by atoms with Gasteiger partial charge in [-0.05, 0) is 49.4 Å². The molecule has 0 aliphatic heterocycles. The summed E-state index contributed by atoms with van der Waals surface area (Å²) < 4.78 is 23.7. The van der Waals surface area contributed by atoms with Crippen LogP contribution in [0.4, 0.5) is 0 Å². The Morgan fingerprint density at radius 2 is 1.95 bits per heavy atom. The first-order valence-corrected chi connectivity index (χ1v) is 9.92. The third-order valence-electron chi connectivity index (χ3n) is 4.40. The number of benzene rings is 1. The van der Waals surface area contributed by atoms with Crippen LogP contribution in [0, 0.1) is 5.92 Å². The molecule has 3 unspecified atom stereocenters. The summed E-state index contributed by atoms with van der Waals surface area (Å²) in [5.41, 5.74) is 1.19. The summed E-state index contributed by atoms with van der Waals surface area (Å²) in [6.07, 6.45) is 4.97. The van der Waals surface area contributed by atoms with Crippen molar-refractivity contribution in [3.05, 3.63) is 34.9 Å². The van der Waals surface area contributed by atoms with Gasteiger partial charge in [0.25, 0.3) is 0 Å². The minimum atomic E-state index is -2.95. The first-order valence-electron chi connectivity index (χ1n) is 7.59. The Kier molecular flexibility index (Phi) is 5.69. The second-order valence-electron chi connectivity index (χ2n) is 5.97. The maximum Gasteiger partial charge on any atom is 0.150 e. The van der Waals surface area contributed by atoms with Gasteiger partial charge in [-0.1, -0.05) is 37.1 Å². The van der Waals surface area contributed by atoms with Crippen LogP contribution < -0.4 is 5.32 Å². The second kappa shape index (κ2) is 7.12. The van der Waals surface area contributed by atoms with E-state index in [0.29, 0.717) is 5.92 Å². The fourth-order valence-corrected chi connectivity index (χ4v) is 4.64. The molecule has 1 N–H and O–H groups in total. The Hall–Kier alpha value is -0.580. The molecule has 118 valence electrons. The summed E-state index contributed by atoms with van der Waals surface area (Å²) >= 11 is 5.96. The van der Waals surface area contributed by atoms with Crippen molar-refractivity contribution in [2.45, 2.75) is 43.9 Å². The van der Waals surface area contributed by atoms with Crippen molar-refractivity contribution in [2.24, 2.45) is 5.92 Å². The zero-order valence-corrected chi connectivity index (χ0v) is 14.3. The van der Waals surface area contributed by atoms with E-state index in [0.717, 1.165) is 37.3 Å². The molecule has 1 aliphatic carbocycles. The van der Waals surface area contributed by atoms with E-state index < -0.39 is 9.84 Å². The van der Waals surface area contributed by atoms with E-state index in [4.69, 9.17) is 11.6 Å². The van der Waals surface area contributed by atoms with Crippen LogP contribution in [-0.4, -0.2) is 26.5 Å². The molecule has 1 saturated carbocycles. The minimum absolute atomic E-state index is 0.190. The first-order chi connectivity index (χ1) is 9.91. The molecular formula is C16H24ClNO2S. The fourth-order valence-electron chi connectivity index (χ4n) is 3.32. The predicted octanol–water partition coefficient (Wildman–Crippen LogP) is 3.59. The van der Waals surface area contributed by atoms with E-state index in [1.807, 2.05) is 24.3 Å². The molecule has 3 atom stereocenters. The SMILES string of the molecule is CCNC(c1ccc(Cl)cc1)C1CCCC(S(C)(=O)=O)C1. The van der Waals surface area contributed by atoms with Crippen LogP contribution in [0.5, 0.6) is 0 Å². The topological polar surface area (TPSA) is 46.2 Å². The van der Waals surface area contributed by atoms with Crippen LogP contribution in [0.15, 0.2) is 24.3 Å². The van der Waals surface area contributed by atoms with E-state index in [-0.39, 0.29) is 11.3 Å². The number of sulfone groups is 1. The Morgan fingerprint density at radius 3 is 2.52 bits per heavy atom. The quantitative estimate of drug-likeness (QED) is 0.897. The average molecular weight is 330 g/mol. The number of hydrogen-bond donors (Lipinski definition) is 1. The van der Waals surface area contributed by atoms with Crippen molar-refractivity contribution in [1.29, 1.82) is 0 Å². The monoisotopic (exact) mass is 329 g/mol. The van der Waals surface area contributed by atoms with Gasteiger partial charge in [0.2, 0.25) is 0 Å². The lowest BCUT2D eigenvalue weighted by atomic mass is 9.81. The molecule has 2 rings (SSSR count). The highest BCUT2D eigenvalue weighted by molar-refractivity contribution is 7.91. The van der Waals surface area contributed by atoms with Crippen molar-refractivity contribution >= 4 is 21.4 Å². The molecule has 0 radical (unpaired) electrons. The van der Waals surface area contributed by atoms with Crippen molar-refractivity contribution in [3.63, 3.8) is 0 Å². The summed E-state index contributed by atoms with van der Waals surface area (Å²) in [7, 11) is -2.95. The zero-order valence-electron chi connectivity index (χ0n) is 12.7. The normalized spacial score (nSPS) is 24.7. The molecule has 1 fully saturated rings. The van der Waals surface area contributed by atoms with E-state index in [1.165, 1.54) is 11.8 Å². The number of rotatable bonds is 5. The lowest BCUT2D eigenvalue weighted by Gasteiger charge is -2.34. The predicted molar refractivity (Wildman–Crippen MR) is 88.5 cm³/mol. The largest absolute Gasteiger partial charge is 0.310 e. The van der Waals surface area contributed by atoms with Gasteiger partial charge in [0.05, 0.1) is 5.25 Å². The Labute approximate surface area is 133 Å². The van der Waals surface area contributed by atoms with E-state index in [9.17, 15) is 8.42 Å². The molecule has 21 heavy (non-hydrogen) atoms. The smallest absolute Gasteiger partial charge is 0.150 e. The van der Waals surface area contributed by atoms with Crippen molar-refractivity contribution in [1.82, 2.24) is 5.32 Å². The highest BCUT2D eigenvalue weighted by Gasteiger charge is 2.33. The highest BCUT2D eigenvalue weighted by Crippen LogP contribution is 2.37. The summed E-state index contributed by atoms with van der Waals surface area (Å²) in [6.45, 7) is 2.95. The van der Waals surface area contributed by atoms with Crippen molar-refractivity contribution < 1.29 is 8.42 Å². The van der Waals surface area contributed by atoms with Crippen LogP contribution in [0.3, 0.4) is 0 Å². The summed E-state index contributed by atoms with van der Waals surface area (Å²) in [6, 6.07) is 8.09. The first kappa shape index (κ1) is 16.8. The van der Waals surface area contributed by atoms with E-state index in [1.54, 1.807) is 0 Å². The van der Waals surface area contributed by atoms with Gasteiger partial charge in [0, 0.05) is 17.3 Å². The minimum Gasteiger partial charge on any atom is -0.310 e. The Morgan fingerprint density at radius 1 is 1.29 bits per heavy atom. The van der Waals surface area contributed by atoms with Gasteiger partial charge in [0.15, 0.2) is 0 Å². The molecule has 1 aromatic carbocycles. The zero-order chi connectivity index (χ0) is 15.5. The fraction of sp³-hybridized carbons (Fsp3) is 0.625. The molecule has 0 bridgehead atoms. The number of hydrogen-bond acceptors (Lipinski definition) is 3. The van der Waals surface area contributed by atoms with Gasteiger partial charge < -0.3 is 5.32 Å². The van der Waals surface area contributed by atoms with Crippen LogP contribution >= 0.6 is 11.6 Å². The van der Waals surface area contributed by atoms with Gasteiger partial charge in [0.1, 0.15) is 9.84 Å². The molecule has 0 saturated heterocycles. The van der Waals surface area contributed by atoms with Crippen LogP contribution in [0.2, 0.25) is 5.02 Å². The van der Waals surface area contributed by atoms with Crippen LogP contribution in [-0.2, 0) is 9.84 Å². The third kappa shape index (κ3) is 4.44. The summed E-state index contributed by atoms with van der Waals surface area (Å²) in [5.74, 6) is 0.361. The molecule has 1 aromatic rings. The second-order valence-corrected chi connectivity index (χ2v) is 8.73. The highest BCUT2D eigenvalue weighted by atomic mass is 35.5. The molecule has 0 heterocycles. The van der Waals surface area contributed by atoms with Crippen molar-refractivity contribution in [3.8, 4) is 0 Å². The maximum atomic E-state index is 11.9. The molecule has 5 heteroatoms. The van der Waals surface area contributed by atoms with Gasteiger partial charge in [-0.2, -0.15) is 0 Å². The van der Waals surface area contributed by atoms with Gasteiger partial charge in [-0.15, -0.1) is 0 Å². The summed E-state index contributed by atoms with van der Waals surface area (Å²) in [4.78, 5) is 0. The van der Waals surface area contributed by atoms with Gasteiger partial charge >= 0.3 is 0 Å². The number of nitrogens with one attached hydrogen (secondary N) is 1. The lowest BCUT2D eigenvalue weighted by molar-refractivity contribution is 0.275. The molecule has 0 spiro atoms. The Bertz CT molecular complexity index is 556. The molecule has 1 aliphatic rings. The van der Waals surface area contributed by atoms with Crippen LogP contribution in [0.25, 0.3) is 0 Å². The van der Waals surface area contributed by atoms with E-state index >= 15 is 0 Å².